The van der Waals surface area contributed by atoms with Crippen molar-refractivity contribution in [1.82, 2.24) is 20.1 Å². The van der Waals surface area contributed by atoms with Gasteiger partial charge in [0.05, 0.1) is 24.4 Å². The lowest BCUT2D eigenvalue weighted by atomic mass is 10.2. The molecule has 8 heteroatoms. The number of aromatic nitrogens is 3. The van der Waals surface area contributed by atoms with Crippen LogP contribution in [0.4, 0.5) is 0 Å². The Morgan fingerprint density at radius 2 is 1.93 bits per heavy atom. The molecule has 0 aliphatic heterocycles. The van der Waals surface area contributed by atoms with Gasteiger partial charge in [0.2, 0.25) is 0 Å². The third-order valence-corrected chi connectivity index (χ3v) is 5.62. The van der Waals surface area contributed by atoms with E-state index in [4.69, 9.17) is 16.3 Å². The van der Waals surface area contributed by atoms with Crippen LogP contribution in [0, 0.1) is 0 Å². The number of hydrogen-bond acceptors (Lipinski definition) is 5. The van der Waals surface area contributed by atoms with E-state index in [1.807, 2.05) is 28.8 Å². The molecule has 6 nitrogen and oxygen atoms in total. The zero-order valence-electron chi connectivity index (χ0n) is 16.4. The Bertz CT molecular complexity index is 960. The molecule has 0 saturated heterocycles. The molecule has 0 aliphatic rings. The van der Waals surface area contributed by atoms with Gasteiger partial charge in [-0.15, -0.1) is 10.2 Å². The molecular weight excluding hydrogens is 408 g/mol. The number of nitrogens with zero attached hydrogens (tertiary/aromatic N) is 3. The smallest absolute Gasteiger partial charge is 0.251 e. The molecule has 2 aromatic carbocycles. The van der Waals surface area contributed by atoms with Crippen LogP contribution in [0.1, 0.15) is 35.9 Å². The first kappa shape index (κ1) is 21.2. The number of thioether (sulfide) groups is 1. The summed E-state index contributed by atoms with van der Waals surface area (Å²) in [5.74, 6) is 2.08. The van der Waals surface area contributed by atoms with Gasteiger partial charge in [-0.05, 0) is 42.8 Å². The minimum atomic E-state index is -0.193. The summed E-state index contributed by atoms with van der Waals surface area (Å²) in [6, 6.07) is 14.5. The quantitative estimate of drug-likeness (QED) is 0.392. The van der Waals surface area contributed by atoms with Crippen LogP contribution in [0.15, 0.2) is 53.7 Å². The Hall–Kier alpha value is -2.51. The minimum absolute atomic E-state index is 0.193. The van der Waals surface area contributed by atoms with Gasteiger partial charge in [0, 0.05) is 11.3 Å². The summed E-state index contributed by atoms with van der Waals surface area (Å²) in [6.45, 7) is 2.39. The number of para-hydroxylation sites is 1. The second-order valence-electron chi connectivity index (χ2n) is 6.30. The van der Waals surface area contributed by atoms with E-state index in [-0.39, 0.29) is 12.5 Å². The highest BCUT2D eigenvalue weighted by Crippen LogP contribution is 2.27. The Balaban J connectivity index is 1.80. The van der Waals surface area contributed by atoms with Gasteiger partial charge in [-0.1, -0.05) is 48.8 Å². The van der Waals surface area contributed by atoms with Crippen molar-refractivity contribution in [1.29, 1.82) is 0 Å². The maximum Gasteiger partial charge on any atom is 0.251 e. The fraction of sp³-hybridized carbons (Fsp3) is 0.286. The Kier molecular flexibility index (Phi) is 7.55. The van der Waals surface area contributed by atoms with Crippen LogP contribution in [0.3, 0.4) is 0 Å². The van der Waals surface area contributed by atoms with Crippen LogP contribution in [-0.4, -0.2) is 33.5 Å². The number of carbonyl (C=O) groups excluding carboxylic acids is 1. The van der Waals surface area contributed by atoms with Crippen LogP contribution >= 0.6 is 23.4 Å². The molecule has 3 aromatic rings. The Morgan fingerprint density at radius 1 is 1.17 bits per heavy atom. The molecule has 0 radical (unpaired) electrons. The Morgan fingerprint density at radius 3 is 2.62 bits per heavy atom. The average Bonchev–Trinajstić information content (AvgIpc) is 3.15. The van der Waals surface area contributed by atoms with Crippen molar-refractivity contribution in [3.05, 3.63) is 64.9 Å². The first-order valence-corrected chi connectivity index (χ1v) is 10.7. The summed E-state index contributed by atoms with van der Waals surface area (Å²) in [5.41, 5.74) is 1.35. The lowest BCUT2D eigenvalue weighted by Gasteiger charge is -2.12. The van der Waals surface area contributed by atoms with Crippen LogP contribution in [0.2, 0.25) is 5.02 Å². The fourth-order valence-corrected chi connectivity index (χ4v) is 3.96. The SMILES string of the molecule is CCCCSc1nnc(CNC(=O)c2ccc(OC)cc2)n1-c1ccccc1Cl. The molecule has 0 spiro atoms. The van der Waals surface area contributed by atoms with Crippen molar-refractivity contribution in [2.75, 3.05) is 12.9 Å². The van der Waals surface area contributed by atoms with Crippen molar-refractivity contribution < 1.29 is 9.53 Å². The molecule has 1 heterocycles. The van der Waals surface area contributed by atoms with Gasteiger partial charge < -0.3 is 10.1 Å². The molecule has 152 valence electrons. The molecule has 1 amide bonds. The number of halogens is 1. The largest absolute Gasteiger partial charge is 0.497 e. The molecule has 0 aliphatic carbocycles. The monoisotopic (exact) mass is 430 g/mol. The highest BCUT2D eigenvalue weighted by Gasteiger charge is 2.17. The van der Waals surface area contributed by atoms with Crippen LogP contribution in [0.25, 0.3) is 5.69 Å². The number of ether oxygens (including phenoxy) is 1. The summed E-state index contributed by atoms with van der Waals surface area (Å²) >= 11 is 8.06. The number of hydrogen-bond donors (Lipinski definition) is 1. The average molecular weight is 431 g/mol. The van der Waals surface area contributed by atoms with E-state index in [9.17, 15) is 4.79 Å². The lowest BCUT2D eigenvalue weighted by molar-refractivity contribution is 0.0949. The second-order valence-corrected chi connectivity index (χ2v) is 7.77. The number of amides is 1. The minimum Gasteiger partial charge on any atom is -0.497 e. The van der Waals surface area contributed by atoms with Crippen LogP contribution < -0.4 is 10.1 Å². The van der Waals surface area contributed by atoms with E-state index in [2.05, 4.69) is 22.4 Å². The highest BCUT2D eigenvalue weighted by molar-refractivity contribution is 7.99. The molecule has 1 N–H and O–H groups in total. The number of rotatable bonds is 9. The molecule has 0 saturated carbocycles. The van der Waals surface area contributed by atoms with E-state index in [0.717, 1.165) is 29.4 Å². The first-order chi connectivity index (χ1) is 14.1. The van der Waals surface area contributed by atoms with Crippen molar-refractivity contribution in [3.63, 3.8) is 0 Å². The van der Waals surface area contributed by atoms with Gasteiger partial charge in [0.25, 0.3) is 5.91 Å². The predicted octanol–water partition coefficient (Wildman–Crippen LogP) is 4.75. The van der Waals surface area contributed by atoms with E-state index in [1.54, 1.807) is 43.1 Å². The molecule has 3 rings (SSSR count). The molecule has 0 fully saturated rings. The molecule has 0 bridgehead atoms. The lowest BCUT2D eigenvalue weighted by Crippen LogP contribution is -2.24. The zero-order valence-corrected chi connectivity index (χ0v) is 18.0. The normalized spacial score (nSPS) is 10.7. The number of nitrogens with one attached hydrogen (secondary N) is 1. The molecule has 1 aromatic heterocycles. The summed E-state index contributed by atoms with van der Waals surface area (Å²) < 4.78 is 7.04. The van der Waals surface area contributed by atoms with Gasteiger partial charge in [0.1, 0.15) is 5.75 Å². The molecule has 0 atom stereocenters. The number of benzene rings is 2. The van der Waals surface area contributed by atoms with Crippen LogP contribution in [0.5, 0.6) is 5.75 Å². The number of unbranched alkanes of at least 4 members (excludes halogenated alkanes) is 1. The van der Waals surface area contributed by atoms with Crippen LogP contribution in [-0.2, 0) is 6.54 Å². The van der Waals surface area contributed by atoms with Crippen molar-refractivity contribution in [3.8, 4) is 11.4 Å². The fourth-order valence-electron chi connectivity index (χ4n) is 2.69. The predicted molar refractivity (Wildman–Crippen MR) is 116 cm³/mol. The maximum absolute atomic E-state index is 12.5. The van der Waals surface area contributed by atoms with E-state index >= 15 is 0 Å². The number of carbonyl (C=O) groups is 1. The third kappa shape index (κ3) is 5.31. The van der Waals surface area contributed by atoms with E-state index in [0.29, 0.717) is 22.2 Å². The van der Waals surface area contributed by atoms with Gasteiger partial charge >= 0.3 is 0 Å². The van der Waals surface area contributed by atoms with Gasteiger partial charge in [-0.3, -0.25) is 9.36 Å². The zero-order chi connectivity index (χ0) is 20.6. The summed E-state index contributed by atoms with van der Waals surface area (Å²) in [6.07, 6.45) is 2.20. The maximum atomic E-state index is 12.5. The third-order valence-electron chi connectivity index (χ3n) is 4.28. The summed E-state index contributed by atoms with van der Waals surface area (Å²) in [5, 5.41) is 12.9. The molecule has 29 heavy (non-hydrogen) atoms. The van der Waals surface area contributed by atoms with Gasteiger partial charge in [-0.2, -0.15) is 0 Å². The summed E-state index contributed by atoms with van der Waals surface area (Å²) in [7, 11) is 1.59. The van der Waals surface area contributed by atoms with E-state index in [1.165, 1.54) is 0 Å². The standard InChI is InChI=1S/C21H23ClN4O2S/c1-3-4-13-29-21-25-24-19(26(21)18-8-6-5-7-17(18)22)14-23-20(27)15-9-11-16(28-2)12-10-15/h5-12H,3-4,13-14H2,1-2H3,(H,23,27). The first-order valence-electron chi connectivity index (χ1n) is 9.38. The topological polar surface area (TPSA) is 69.0 Å². The van der Waals surface area contributed by atoms with Gasteiger partial charge in [-0.25, -0.2) is 0 Å². The van der Waals surface area contributed by atoms with Crippen molar-refractivity contribution in [2.24, 2.45) is 0 Å². The van der Waals surface area contributed by atoms with Gasteiger partial charge in [0.15, 0.2) is 11.0 Å². The Labute approximate surface area is 179 Å². The molecular formula is C21H23ClN4O2S. The van der Waals surface area contributed by atoms with Crippen molar-refractivity contribution >= 4 is 29.3 Å². The van der Waals surface area contributed by atoms with Crippen molar-refractivity contribution in [2.45, 2.75) is 31.5 Å². The second kappa shape index (κ2) is 10.3. The summed E-state index contributed by atoms with van der Waals surface area (Å²) in [4.78, 5) is 12.5. The number of methoxy groups -OCH3 is 1. The highest BCUT2D eigenvalue weighted by atomic mass is 35.5. The molecule has 0 unspecified atom stereocenters. The van der Waals surface area contributed by atoms with E-state index < -0.39 is 0 Å².